The molecule has 14 heavy (non-hydrogen) atoms. The van der Waals surface area contributed by atoms with Gasteiger partial charge in [-0.1, -0.05) is 0 Å². The van der Waals surface area contributed by atoms with Crippen LogP contribution in [0.2, 0.25) is 0 Å². The number of hydrogen-bond acceptors (Lipinski definition) is 3. The highest BCUT2D eigenvalue weighted by atomic mass is 16.1. The van der Waals surface area contributed by atoms with Crippen molar-refractivity contribution in [1.29, 1.82) is 0 Å². The molecule has 2 bridgehead atoms. The average Bonchev–Trinajstić information content (AvgIpc) is 2.53. The molecule has 2 rings (SSSR count). The summed E-state index contributed by atoms with van der Waals surface area (Å²) in [5, 5.41) is 3.34. The number of piperidine rings is 1. The van der Waals surface area contributed by atoms with Gasteiger partial charge in [-0.25, -0.2) is 0 Å². The van der Waals surface area contributed by atoms with Gasteiger partial charge in [-0.15, -0.1) is 0 Å². The molecule has 0 aromatic rings. The Morgan fingerprint density at radius 2 is 2.21 bits per heavy atom. The van der Waals surface area contributed by atoms with E-state index in [0.717, 1.165) is 12.3 Å². The highest BCUT2D eigenvalue weighted by Gasteiger charge is 2.34. The third-order valence-corrected chi connectivity index (χ3v) is 3.53. The van der Waals surface area contributed by atoms with Crippen LogP contribution in [0.1, 0.15) is 19.8 Å². The Labute approximate surface area is 84.8 Å². The second-order valence-corrected chi connectivity index (χ2v) is 4.54. The number of carbonyl (C=O) groups excluding carboxylic acids is 1. The van der Waals surface area contributed by atoms with E-state index in [2.05, 4.69) is 10.2 Å². The second kappa shape index (κ2) is 3.87. The lowest BCUT2D eigenvalue weighted by Gasteiger charge is -2.32. The van der Waals surface area contributed by atoms with Gasteiger partial charge in [-0.05, 0) is 38.8 Å². The largest absolute Gasteiger partial charge is 0.368 e. The minimum atomic E-state index is -0.245. The van der Waals surface area contributed by atoms with E-state index < -0.39 is 0 Å². The van der Waals surface area contributed by atoms with E-state index >= 15 is 0 Å². The van der Waals surface area contributed by atoms with Gasteiger partial charge in [0.05, 0.1) is 6.04 Å². The van der Waals surface area contributed by atoms with Crippen molar-refractivity contribution in [3.63, 3.8) is 0 Å². The van der Waals surface area contributed by atoms with Crippen LogP contribution < -0.4 is 11.1 Å². The molecule has 0 aromatic carbocycles. The smallest absolute Gasteiger partial charge is 0.234 e. The Morgan fingerprint density at radius 3 is 2.93 bits per heavy atom. The number of nitrogens with one attached hydrogen (secondary N) is 1. The molecule has 2 heterocycles. The lowest BCUT2D eigenvalue weighted by molar-refractivity contribution is -0.119. The number of fused-ring (bicyclic) bond motifs is 2. The molecule has 4 unspecified atom stereocenters. The molecule has 4 atom stereocenters. The molecule has 3 N–H and O–H groups in total. The first-order chi connectivity index (χ1) is 6.66. The van der Waals surface area contributed by atoms with E-state index in [1.165, 1.54) is 26.1 Å². The maximum absolute atomic E-state index is 10.9. The summed E-state index contributed by atoms with van der Waals surface area (Å²) in [5.74, 6) is 0.482. The molecule has 80 valence electrons. The first kappa shape index (κ1) is 9.93. The van der Waals surface area contributed by atoms with Gasteiger partial charge in [0.2, 0.25) is 5.91 Å². The fourth-order valence-corrected chi connectivity index (χ4v) is 2.57. The van der Waals surface area contributed by atoms with Crippen LogP contribution in [0.15, 0.2) is 0 Å². The van der Waals surface area contributed by atoms with Gasteiger partial charge in [-0.2, -0.15) is 0 Å². The lowest BCUT2D eigenvalue weighted by atomic mass is 9.93. The quantitative estimate of drug-likeness (QED) is 0.644. The van der Waals surface area contributed by atoms with Crippen LogP contribution in [-0.2, 0) is 4.79 Å². The van der Waals surface area contributed by atoms with E-state index in [1.807, 2.05) is 6.92 Å². The van der Waals surface area contributed by atoms with Crippen molar-refractivity contribution in [1.82, 2.24) is 10.2 Å². The highest BCUT2D eigenvalue weighted by Crippen LogP contribution is 2.27. The van der Waals surface area contributed by atoms with Crippen LogP contribution in [-0.4, -0.2) is 42.5 Å². The summed E-state index contributed by atoms with van der Waals surface area (Å²) in [7, 11) is 0. The highest BCUT2D eigenvalue weighted by molar-refractivity contribution is 5.79. The van der Waals surface area contributed by atoms with Crippen molar-refractivity contribution in [2.45, 2.75) is 31.8 Å². The molecule has 2 saturated heterocycles. The average molecular weight is 197 g/mol. The van der Waals surface area contributed by atoms with Gasteiger partial charge in [0.15, 0.2) is 0 Å². The molecule has 0 spiro atoms. The number of primary amides is 1. The Hall–Kier alpha value is -0.610. The monoisotopic (exact) mass is 197 g/mol. The number of carbonyl (C=O) groups is 1. The topological polar surface area (TPSA) is 58.4 Å². The van der Waals surface area contributed by atoms with E-state index in [-0.39, 0.29) is 11.9 Å². The molecule has 2 aliphatic rings. The van der Waals surface area contributed by atoms with Gasteiger partial charge in [0.25, 0.3) is 0 Å². The van der Waals surface area contributed by atoms with Gasteiger partial charge >= 0.3 is 0 Å². The first-order valence-corrected chi connectivity index (χ1v) is 5.44. The molecule has 4 nitrogen and oxygen atoms in total. The van der Waals surface area contributed by atoms with Crippen molar-refractivity contribution in [3.05, 3.63) is 0 Å². The van der Waals surface area contributed by atoms with Crippen molar-refractivity contribution in [3.8, 4) is 0 Å². The summed E-state index contributed by atoms with van der Waals surface area (Å²) >= 11 is 0. The number of hydrogen-bond donors (Lipinski definition) is 2. The summed E-state index contributed by atoms with van der Waals surface area (Å²) in [6.07, 6.45) is 2.42. The first-order valence-electron chi connectivity index (χ1n) is 5.44. The zero-order chi connectivity index (χ0) is 10.1. The number of nitrogens with zero attached hydrogens (tertiary/aromatic N) is 1. The number of rotatable bonds is 3. The second-order valence-electron chi connectivity index (χ2n) is 4.54. The van der Waals surface area contributed by atoms with E-state index in [0.29, 0.717) is 6.04 Å². The van der Waals surface area contributed by atoms with Crippen LogP contribution in [0.25, 0.3) is 0 Å². The van der Waals surface area contributed by atoms with Crippen molar-refractivity contribution < 1.29 is 4.79 Å². The van der Waals surface area contributed by atoms with E-state index in [9.17, 15) is 4.79 Å². The van der Waals surface area contributed by atoms with Gasteiger partial charge in [0.1, 0.15) is 0 Å². The lowest BCUT2D eigenvalue weighted by Crippen LogP contribution is -2.50. The molecule has 0 aliphatic carbocycles. The van der Waals surface area contributed by atoms with Gasteiger partial charge < -0.3 is 16.0 Å². The molecule has 4 heteroatoms. The fourth-order valence-electron chi connectivity index (χ4n) is 2.57. The summed E-state index contributed by atoms with van der Waals surface area (Å²) in [6.45, 7) is 5.44. The fraction of sp³-hybridized carbons (Fsp3) is 0.900. The minimum absolute atomic E-state index is 0.188. The van der Waals surface area contributed by atoms with Crippen molar-refractivity contribution in [2.75, 3.05) is 19.6 Å². The van der Waals surface area contributed by atoms with E-state index in [1.54, 1.807) is 0 Å². The van der Waals surface area contributed by atoms with Crippen LogP contribution in [0.4, 0.5) is 0 Å². The summed E-state index contributed by atoms with van der Waals surface area (Å²) in [5.41, 5.74) is 5.24. The number of nitrogens with two attached hydrogens (primary N) is 1. The van der Waals surface area contributed by atoms with Crippen LogP contribution >= 0.6 is 0 Å². The Morgan fingerprint density at radius 1 is 1.50 bits per heavy atom. The SMILES string of the molecule is CC(NC1CCN2CCC1C2)C(N)=O. The number of amides is 1. The van der Waals surface area contributed by atoms with Crippen molar-refractivity contribution >= 4 is 5.91 Å². The van der Waals surface area contributed by atoms with Crippen molar-refractivity contribution in [2.24, 2.45) is 11.7 Å². The predicted octanol–water partition coefficient (Wildman–Crippen LogP) is -0.456. The third kappa shape index (κ3) is 1.91. The molecule has 2 fully saturated rings. The zero-order valence-electron chi connectivity index (χ0n) is 8.70. The Kier molecular flexibility index (Phi) is 2.74. The van der Waals surface area contributed by atoms with Gasteiger partial charge in [-0.3, -0.25) is 4.79 Å². The van der Waals surface area contributed by atoms with Crippen LogP contribution in [0.3, 0.4) is 0 Å². The Bertz CT molecular complexity index is 231. The molecule has 2 aliphatic heterocycles. The maximum atomic E-state index is 10.9. The molecular weight excluding hydrogens is 178 g/mol. The normalized spacial score (nSPS) is 38.2. The van der Waals surface area contributed by atoms with E-state index in [4.69, 9.17) is 5.73 Å². The summed E-state index contributed by atoms with van der Waals surface area (Å²) < 4.78 is 0. The molecule has 0 radical (unpaired) electrons. The maximum Gasteiger partial charge on any atom is 0.234 e. The molecular formula is C10H19N3O. The summed E-state index contributed by atoms with van der Waals surface area (Å²) in [6, 6.07) is 0.309. The zero-order valence-corrected chi connectivity index (χ0v) is 8.70. The molecule has 0 saturated carbocycles. The standard InChI is InChI=1S/C10H19N3O/c1-7(10(11)14)12-9-3-5-13-4-2-8(9)6-13/h7-9,12H,2-6H2,1H3,(H2,11,14). The predicted molar refractivity (Wildman–Crippen MR) is 54.7 cm³/mol. The molecule has 1 amide bonds. The van der Waals surface area contributed by atoms with Gasteiger partial charge in [0, 0.05) is 12.6 Å². The molecule has 0 aromatic heterocycles. The summed E-state index contributed by atoms with van der Waals surface area (Å²) in [4.78, 5) is 13.4. The van der Waals surface area contributed by atoms with Crippen LogP contribution in [0, 0.1) is 5.92 Å². The third-order valence-electron chi connectivity index (χ3n) is 3.53. The minimum Gasteiger partial charge on any atom is -0.368 e. The van der Waals surface area contributed by atoms with Crippen LogP contribution in [0.5, 0.6) is 0 Å². The Balaban J connectivity index is 1.88.